The summed E-state index contributed by atoms with van der Waals surface area (Å²) in [6.45, 7) is 9.60. The minimum absolute atomic E-state index is 0.905. The largest absolute Gasteiger partial charge is 0.301 e. The van der Waals surface area contributed by atoms with Crippen molar-refractivity contribution in [3.05, 3.63) is 0 Å². The summed E-state index contributed by atoms with van der Waals surface area (Å²) in [5, 5.41) is 0. The van der Waals surface area contributed by atoms with E-state index in [-0.39, 0.29) is 0 Å². The Hall–Kier alpha value is -0.0400. The SMILES string of the molecule is CCC(C)CCN(CC)C1CCCCC1. The fourth-order valence-electron chi connectivity index (χ4n) is 2.64. The van der Waals surface area contributed by atoms with E-state index < -0.39 is 0 Å². The summed E-state index contributed by atoms with van der Waals surface area (Å²) in [4.78, 5) is 2.73. The van der Waals surface area contributed by atoms with Crippen molar-refractivity contribution in [2.75, 3.05) is 13.1 Å². The Morgan fingerprint density at radius 1 is 1.13 bits per heavy atom. The van der Waals surface area contributed by atoms with Gasteiger partial charge in [-0.25, -0.2) is 0 Å². The van der Waals surface area contributed by atoms with Gasteiger partial charge in [0.2, 0.25) is 0 Å². The van der Waals surface area contributed by atoms with E-state index in [0.717, 1.165) is 12.0 Å². The average Bonchev–Trinajstić information content (AvgIpc) is 2.31. The normalized spacial score (nSPS) is 20.8. The molecular weight excluding hydrogens is 182 g/mol. The monoisotopic (exact) mass is 211 g/mol. The van der Waals surface area contributed by atoms with Crippen molar-refractivity contribution < 1.29 is 0 Å². The van der Waals surface area contributed by atoms with Crippen molar-refractivity contribution >= 4 is 0 Å². The summed E-state index contributed by atoms with van der Waals surface area (Å²) >= 11 is 0. The zero-order chi connectivity index (χ0) is 11.1. The second-order valence-electron chi connectivity index (χ2n) is 5.22. The van der Waals surface area contributed by atoms with Crippen LogP contribution in [0, 0.1) is 5.92 Å². The average molecular weight is 211 g/mol. The number of rotatable bonds is 6. The molecule has 0 N–H and O–H groups in total. The van der Waals surface area contributed by atoms with Crippen LogP contribution in [0.15, 0.2) is 0 Å². The maximum atomic E-state index is 2.73. The lowest BCUT2D eigenvalue weighted by Crippen LogP contribution is -2.37. The second kappa shape index (κ2) is 7.27. The molecule has 90 valence electrons. The molecule has 1 rings (SSSR count). The number of hydrogen-bond acceptors (Lipinski definition) is 1. The van der Waals surface area contributed by atoms with Gasteiger partial charge < -0.3 is 4.90 Å². The molecule has 1 heteroatoms. The third kappa shape index (κ3) is 4.55. The van der Waals surface area contributed by atoms with Gasteiger partial charge in [0.25, 0.3) is 0 Å². The lowest BCUT2D eigenvalue weighted by atomic mass is 9.93. The highest BCUT2D eigenvalue weighted by atomic mass is 15.1. The first-order chi connectivity index (χ1) is 7.27. The van der Waals surface area contributed by atoms with Crippen LogP contribution in [0.4, 0.5) is 0 Å². The van der Waals surface area contributed by atoms with E-state index in [1.807, 2.05) is 0 Å². The molecule has 15 heavy (non-hydrogen) atoms. The van der Waals surface area contributed by atoms with Crippen LogP contribution in [-0.4, -0.2) is 24.0 Å². The fraction of sp³-hybridized carbons (Fsp3) is 1.00. The molecule has 0 radical (unpaired) electrons. The Labute approximate surface area is 96.2 Å². The third-order valence-electron chi connectivity index (χ3n) is 4.10. The van der Waals surface area contributed by atoms with E-state index in [1.54, 1.807) is 0 Å². The van der Waals surface area contributed by atoms with Crippen molar-refractivity contribution in [1.29, 1.82) is 0 Å². The van der Waals surface area contributed by atoms with Gasteiger partial charge in [-0.15, -0.1) is 0 Å². The maximum Gasteiger partial charge on any atom is 0.00951 e. The molecule has 1 aliphatic carbocycles. The standard InChI is InChI=1S/C14H29N/c1-4-13(3)11-12-15(5-2)14-9-7-6-8-10-14/h13-14H,4-12H2,1-3H3. The minimum Gasteiger partial charge on any atom is -0.301 e. The molecule has 1 fully saturated rings. The summed E-state index contributed by atoms with van der Waals surface area (Å²) in [7, 11) is 0. The highest BCUT2D eigenvalue weighted by Crippen LogP contribution is 2.23. The van der Waals surface area contributed by atoms with E-state index in [0.29, 0.717) is 0 Å². The molecule has 0 aromatic rings. The van der Waals surface area contributed by atoms with E-state index in [2.05, 4.69) is 25.7 Å². The highest BCUT2D eigenvalue weighted by Gasteiger charge is 2.19. The molecule has 0 aromatic carbocycles. The quantitative estimate of drug-likeness (QED) is 0.640. The van der Waals surface area contributed by atoms with Gasteiger partial charge in [0.05, 0.1) is 0 Å². The topological polar surface area (TPSA) is 3.24 Å². The maximum absolute atomic E-state index is 2.73. The molecule has 0 aliphatic heterocycles. The first kappa shape index (κ1) is 13.0. The summed E-state index contributed by atoms with van der Waals surface area (Å²) in [5.74, 6) is 0.905. The lowest BCUT2D eigenvalue weighted by molar-refractivity contribution is 0.154. The lowest BCUT2D eigenvalue weighted by Gasteiger charge is -2.34. The summed E-state index contributed by atoms with van der Waals surface area (Å²) in [5.41, 5.74) is 0. The summed E-state index contributed by atoms with van der Waals surface area (Å²) < 4.78 is 0. The number of nitrogens with zero attached hydrogens (tertiary/aromatic N) is 1. The molecule has 1 atom stereocenters. The Bertz CT molecular complexity index is 149. The van der Waals surface area contributed by atoms with Crippen LogP contribution in [0.5, 0.6) is 0 Å². The minimum atomic E-state index is 0.905. The molecule has 1 nitrogen and oxygen atoms in total. The van der Waals surface area contributed by atoms with Gasteiger partial charge in [0.1, 0.15) is 0 Å². The smallest absolute Gasteiger partial charge is 0.00951 e. The summed E-state index contributed by atoms with van der Waals surface area (Å²) in [6, 6.07) is 0.910. The molecule has 1 unspecified atom stereocenters. The van der Waals surface area contributed by atoms with E-state index in [4.69, 9.17) is 0 Å². The Balaban J connectivity index is 2.27. The van der Waals surface area contributed by atoms with Gasteiger partial charge in [0, 0.05) is 6.04 Å². The zero-order valence-corrected chi connectivity index (χ0v) is 11.0. The van der Waals surface area contributed by atoms with Crippen molar-refractivity contribution in [2.24, 2.45) is 5.92 Å². The van der Waals surface area contributed by atoms with Crippen molar-refractivity contribution in [2.45, 2.75) is 71.8 Å². The molecule has 0 saturated heterocycles. The molecule has 0 amide bonds. The zero-order valence-electron chi connectivity index (χ0n) is 11.0. The van der Waals surface area contributed by atoms with Gasteiger partial charge in [-0.1, -0.05) is 46.5 Å². The molecule has 0 bridgehead atoms. The molecular formula is C14H29N. The summed E-state index contributed by atoms with van der Waals surface area (Å²) in [6.07, 6.45) is 10.0. The Morgan fingerprint density at radius 2 is 1.80 bits per heavy atom. The third-order valence-corrected chi connectivity index (χ3v) is 4.10. The fourth-order valence-corrected chi connectivity index (χ4v) is 2.64. The van der Waals surface area contributed by atoms with Gasteiger partial charge in [-0.3, -0.25) is 0 Å². The van der Waals surface area contributed by atoms with Crippen LogP contribution in [0.25, 0.3) is 0 Å². The Morgan fingerprint density at radius 3 is 2.33 bits per heavy atom. The van der Waals surface area contributed by atoms with Crippen LogP contribution in [-0.2, 0) is 0 Å². The van der Waals surface area contributed by atoms with Crippen molar-refractivity contribution in [1.82, 2.24) is 4.90 Å². The van der Waals surface area contributed by atoms with Crippen LogP contribution >= 0.6 is 0 Å². The van der Waals surface area contributed by atoms with E-state index >= 15 is 0 Å². The van der Waals surface area contributed by atoms with Crippen LogP contribution in [0.1, 0.15) is 65.7 Å². The molecule has 0 heterocycles. The Kier molecular flexibility index (Phi) is 6.31. The molecule has 0 aromatic heterocycles. The molecule has 1 aliphatic rings. The van der Waals surface area contributed by atoms with Gasteiger partial charge in [0.15, 0.2) is 0 Å². The first-order valence-electron chi connectivity index (χ1n) is 7.02. The van der Waals surface area contributed by atoms with Crippen LogP contribution in [0.3, 0.4) is 0 Å². The first-order valence-corrected chi connectivity index (χ1v) is 7.02. The van der Waals surface area contributed by atoms with E-state index in [9.17, 15) is 0 Å². The van der Waals surface area contributed by atoms with Gasteiger partial charge in [-0.05, 0) is 38.3 Å². The molecule has 1 saturated carbocycles. The van der Waals surface area contributed by atoms with E-state index in [1.165, 1.54) is 58.0 Å². The second-order valence-corrected chi connectivity index (χ2v) is 5.22. The van der Waals surface area contributed by atoms with Crippen molar-refractivity contribution in [3.63, 3.8) is 0 Å². The highest BCUT2D eigenvalue weighted by molar-refractivity contribution is 4.75. The van der Waals surface area contributed by atoms with Crippen molar-refractivity contribution in [3.8, 4) is 0 Å². The molecule has 0 spiro atoms. The van der Waals surface area contributed by atoms with Crippen LogP contribution < -0.4 is 0 Å². The van der Waals surface area contributed by atoms with Crippen LogP contribution in [0.2, 0.25) is 0 Å². The predicted molar refractivity (Wildman–Crippen MR) is 68.2 cm³/mol. The predicted octanol–water partition coefficient (Wildman–Crippen LogP) is 4.08. The van der Waals surface area contributed by atoms with Gasteiger partial charge in [-0.2, -0.15) is 0 Å². The number of hydrogen-bond donors (Lipinski definition) is 0. The van der Waals surface area contributed by atoms with Gasteiger partial charge >= 0.3 is 0 Å².